The van der Waals surface area contributed by atoms with Gasteiger partial charge in [0.15, 0.2) is 0 Å². The van der Waals surface area contributed by atoms with Gasteiger partial charge < -0.3 is 5.32 Å². The summed E-state index contributed by atoms with van der Waals surface area (Å²) < 4.78 is 0. The van der Waals surface area contributed by atoms with E-state index in [0.29, 0.717) is 12.3 Å². The number of thiophene rings is 1. The molecule has 0 aliphatic rings. The summed E-state index contributed by atoms with van der Waals surface area (Å²) in [7, 11) is 0. The summed E-state index contributed by atoms with van der Waals surface area (Å²) in [4.78, 5) is 13.0. The topological polar surface area (TPSA) is 29.1 Å². The Labute approximate surface area is 108 Å². The molecule has 1 heterocycles. The van der Waals surface area contributed by atoms with E-state index in [2.05, 4.69) is 36.7 Å². The molecule has 0 saturated heterocycles. The van der Waals surface area contributed by atoms with E-state index in [1.807, 2.05) is 0 Å². The number of aryl methyl sites for hydroxylation is 1. The van der Waals surface area contributed by atoms with Crippen molar-refractivity contribution in [1.29, 1.82) is 0 Å². The van der Waals surface area contributed by atoms with Gasteiger partial charge in [-0.15, -0.1) is 11.3 Å². The average Bonchev–Trinajstić information content (AvgIpc) is 2.83. The molecule has 0 aromatic carbocycles. The van der Waals surface area contributed by atoms with Gasteiger partial charge in [-0.25, -0.2) is 0 Å². The second-order valence-electron chi connectivity index (χ2n) is 4.42. The molecule has 96 valence electrons. The zero-order chi connectivity index (χ0) is 12.5. The van der Waals surface area contributed by atoms with Crippen LogP contribution >= 0.6 is 11.3 Å². The third kappa shape index (κ3) is 5.87. The lowest BCUT2D eigenvalue weighted by Crippen LogP contribution is -2.28. The Morgan fingerprint density at radius 3 is 2.76 bits per heavy atom. The molecule has 0 aliphatic carbocycles. The molecule has 17 heavy (non-hydrogen) atoms. The highest BCUT2D eigenvalue weighted by atomic mass is 32.1. The molecule has 1 aromatic heterocycles. The normalized spacial score (nSPS) is 10.8. The average molecular weight is 253 g/mol. The van der Waals surface area contributed by atoms with Gasteiger partial charge >= 0.3 is 0 Å². The summed E-state index contributed by atoms with van der Waals surface area (Å²) in [5, 5.41) is 5.11. The van der Waals surface area contributed by atoms with Crippen LogP contribution in [-0.2, 0) is 11.2 Å². The van der Waals surface area contributed by atoms with E-state index in [1.54, 1.807) is 11.3 Å². The van der Waals surface area contributed by atoms with Gasteiger partial charge in [-0.1, -0.05) is 32.8 Å². The van der Waals surface area contributed by atoms with Crippen molar-refractivity contribution >= 4 is 17.2 Å². The molecule has 0 radical (unpaired) electrons. The quantitative estimate of drug-likeness (QED) is 0.753. The predicted molar refractivity (Wildman–Crippen MR) is 74.3 cm³/mol. The zero-order valence-electron chi connectivity index (χ0n) is 10.9. The maximum atomic E-state index is 11.6. The van der Waals surface area contributed by atoms with Gasteiger partial charge in [0, 0.05) is 17.8 Å². The second-order valence-corrected chi connectivity index (χ2v) is 5.45. The first kappa shape index (κ1) is 14.2. The largest absolute Gasteiger partial charge is 0.356 e. The monoisotopic (exact) mass is 253 g/mol. The van der Waals surface area contributed by atoms with Crippen LogP contribution in [0.5, 0.6) is 0 Å². The van der Waals surface area contributed by atoms with Crippen LogP contribution < -0.4 is 5.32 Å². The second kappa shape index (κ2) is 8.29. The Bertz CT molecular complexity index is 304. The van der Waals surface area contributed by atoms with E-state index in [-0.39, 0.29) is 5.91 Å². The smallest absolute Gasteiger partial charge is 0.220 e. The third-order valence-electron chi connectivity index (χ3n) is 3.15. The van der Waals surface area contributed by atoms with E-state index in [9.17, 15) is 4.79 Å². The van der Waals surface area contributed by atoms with Crippen molar-refractivity contribution in [3.05, 3.63) is 22.4 Å². The summed E-state index contributed by atoms with van der Waals surface area (Å²) in [6, 6.07) is 4.19. The fourth-order valence-corrected chi connectivity index (χ4v) is 2.55. The molecule has 1 N–H and O–H groups in total. The maximum Gasteiger partial charge on any atom is 0.220 e. The zero-order valence-corrected chi connectivity index (χ0v) is 11.7. The summed E-state index contributed by atoms with van der Waals surface area (Å²) in [5.41, 5.74) is 0. The van der Waals surface area contributed by atoms with Crippen LogP contribution in [0.1, 0.15) is 44.4 Å². The molecule has 0 unspecified atom stereocenters. The highest BCUT2D eigenvalue weighted by Crippen LogP contribution is 2.12. The number of carbonyl (C=O) groups is 1. The van der Waals surface area contributed by atoms with Crippen molar-refractivity contribution < 1.29 is 4.79 Å². The molecule has 0 fully saturated rings. The Morgan fingerprint density at radius 1 is 1.41 bits per heavy atom. The molecule has 0 spiro atoms. The van der Waals surface area contributed by atoms with Gasteiger partial charge in [0.2, 0.25) is 5.91 Å². The fraction of sp³-hybridized carbons (Fsp3) is 0.643. The molecule has 0 atom stereocenters. The van der Waals surface area contributed by atoms with Crippen LogP contribution in [0.15, 0.2) is 17.5 Å². The van der Waals surface area contributed by atoms with Gasteiger partial charge in [0.05, 0.1) is 0 Å². The molecule has 0 bridgehead atoms. The minimum absolute atomic E-state index is 0.202. The highest BCUT2D eigenvalue weighted by Gasteiger charge is 2.06. The lowest BCUT2D eigenvalue weighted by Gasteiger charge is -2.13. The van der Waals surface area contributed by atoms with Crippen LogP contribution in [0, 0.1) is 5.92 Å². The van der Waals surface area contributed by atoms with E-state index in [1.165, 1.54) is 4.88 Å². The van der Waals surface area contributed by atoms with Crippen molar-refractivity contribution in [2.75, 3.05) is 6.54 Å². The number of hydrogen-bond donors (Lipinski definition) is 1. The summed E-state index contributed by atoms with van der Waals surface area (Å²) in [6.07, 6.45) is 4.92. The van der Waals surface area contributed by atoms with Gasteiger partial charge in [-0.3, -0.25) is 4.79 Å². The molecule has 2 nitrogen and oxygen atoms in total. The summed E-state index contributed by atoms with van der Waals surface area (Å²) in [5.74, 6) is 0.838. The molecule has 1 aromatic rings. The Kier molecular flexibility index (Phi) is 6.94. The fourth-order valence-electron chi connectivity index (χ4n) is 1.80. The number of hydrogen-bond acceptors (Lipinski definition) is 2. The van der Waals surface area contributed by atoms with Crippen molar-refractivity contribution in [2.24, 2.45) is 5.92 Å². The molecular formula is C14H23NOS. The summed E-state index contributed by atoms with van der Waals surface area (Å²) in [6.45, 7) is 5.19. The molecule has 1 rings (SSSR count). The van der Waals surface area contributed by atoms with Gasteiger partial charge in [0.25, 0.3) is 0 Å². The van der Waals surface area contributed by atoms with Crippen molar-refractivity contribution in [3.8, 4) is 0 Å². The van der Waals surface area contributed by atoms with Crippen molar-refractivity contribution in [2.45, 2.75) is 46.0 Å². The third-order valence-corrected chi connectivity index (χ3v) is 4.09. The lowest BCUT2D eigenvalue weighted by molar-refractivity contribution is -0.121. The number of amides is 1. The molecule has 1 amide bonds. The van der Waals surface area contributed by atoms with E-state index < -0.39 is 0 Å². The first-order valence-electron chi connectivity index (χ1n) is 6.55. The van der Waals surface area contributed by atoms with Gasteiger partial charge in [-0.05, 0) is 30.2 Å². The van der Waals surface area contributed by atoms with Gasteiger partial charge in [0.1, 0.15) is 0 Å². The molecule has 0 aliphatic heterocycles. The summed E-state index contributed by atoms with van der Waals surface area (Å²) >= 11 is 1.77. The SMILES string of the molecule is CCC(CC)CNC(=O)CCCc1cccs1. The Morgan fingerprint density at radius 2 is 2.18 bits per heavy atom. The van der Waals surface area contributed by atoms with E-state index in [4.69, 9.17) is 0 Å². The number of nitrogens with one attached hydrogen (secondary N) is 1. The van der Waals surface area contributed by atoms with Crippen LogP contribution in [0.2, 0.25) is 0 Å². The Hall–Kier alpha value is -0.830. The van der Waals surface area contributed by atoms with Crippen molar-refractivity contribution in [3.63, 3.8) is 0 Å². The lowest BCUT2D eigenvalue weighted by atomic mass is 10.0. The van der Waals surface area contributed by atoms with Crippen molar-refractivity contribution in [1.82, 2.24) is 5.32 Å². The number of rotatable bonds is 8. The molecule has 3 heteroatoms. The predicted octanol–water partition coefficient (Wildman–Crippen LogP) is 3.62. The van der Waals surface area contributed by atoms with E-state index >= 15 is 0 Å². The van der Waals surface area contributed by atoms with Crippen LogP contribution in [0.3, 0.4) is 0 Å². The minimum Gasteiger partial charge on any atom is -0.356 e. The number of carbonyl (C=O) groups excluding carboxylic acids is 1. The van der Waals surface area contributed by atoms with Crippen LogP contribution in [-0.4, -0.2) is 12.5 Å². The molecule has 0 saturated carbocycles. The standard InChI is InChI=1S/C14H23NOS/c1-3-12(4-2)11-15-14(16)9-5-7-13-8-6-10-17-13/h6,8,10,12H,3-5,7,9,11H2,1-2H3,(H,15,16). The maximum absolute atomic E-state index is 11.6. The van der Waals surface area contributed by atoms with Gasteiger partial charge in [-0.2, -0.15) is 0 Å². The van der Waals surface area contributed by atoms with Crippen LogP contribution in [0.4, 0.5) is 0 Å². The highest BCUT2D eigenvalue weighted by molar-refractivity contribution is 7.09. The molecular weight excluding hydrogens is 230 g/mol. The Balaban J connectivity index is 2.09. The first-order valence-corrected chi connectivity index (χ1v) is 7.43. The first-order chi connectivity index (χ1) is 8.26. The minimum atomic E-state index is 0.202. The van der Waals surface area contributed by atoms with E-state index in [0.717, 1.165) is 32.2 Å². The van der Waals surface area contributed by atoms with Crippen LogP contribution in [0.25, 0.3) is 0 Å².